The van der Waals surface area contributed by atoms with Gasteiger partial charge in [0.05, 0.1) is 18.4 Å². The molecule has 5 heteroatoms. The third kappa shape index (κ3) is 3.45. The van der Waals surface area contributed by atoms with Crippen molar-refractivity contribution in [3.8, 4) is 11.3 Å². The van der Waals surface area contributed by atoms with Crippen LogP contribution in [0.5, 0.6) is 0 Å². The third-order valence-corrected chi connectivity index (χ3v) is 3.56. The van der Waals surface area contributed by atoms with Gasteiger partial charge >= 0.3 is 0 Å². The van der Waals surface area contributed by atoms with Crippen molar-refractivity contribution in [2.24, 2.45) is 0 Å². The number of aromatic amines is 1. The van der Waals surface area contributed by atoms with E-state index in [2.05, 4.69) is 15.3 Å². The number of hydrogen-bond donors (Lipinski definition) is 2. The zero-order valence-corrected chi connectivity index (χ0v) is 12.6. The molecule has 1 heterocycles. The highest BCUT2D eigenvalue weighted by molar-refractivity contribution is 5.92. The van der Waals surface area contributed by atoms with Crippen molar-refractivity contribution in [1.82, 2.24) is 9.97 Å². The Bertz CT molecular complexity index is 842. The number of hydrogen-bond acceptors (Lipinski definition) is 2. The SMILES string of the molecule is Cc1[nH]cnc1-c1cccc(NC(=O)Cc2ccccc2F)c1. The van der Waals surface area contributed by atoms with Gasteiger partial charge in [-0.3, -0.25) is 4.79 Å². The molecule has 0 fully saturated rings. The van der Waals surface area contributed by atoms with Crippen LogP contribution in [-0.4, -0.2) is 15.9 Å². The van der Waals surface area contributed by atoms with Crippen LogP contribution in [0.25, 0.3) is 11.3 Å². The molecule has 0 aliphatic carbocycles. The maximum Gasteiger partial charge on any atom is 0.228 e. The second-order valence-corrected chi connectivity index (χ2v) is 5.27. The highest BCUT2D eigenvalue weighted by atomic mass is 19.1. The summed E-state index contributed by atoms with van der Waals surface area (Å²) in [6.45, 7) is 1.94. The summed E-state index contributed by atoms with van der Waals surface area (Å²) in [5.74, 6) is -0.630. The summed E-state index contributed by atoms with van der Waals surface area (Å²) in [5, 5.41) is 2.80. The Balaban J connectivity index is 1.74. The van der Waals surface area contributed by atoms with E-state index in [9.17, 15) is 9.18 Å². The Morgan fingerprint density at radius 3 is 2.78 bits per heavy atom. The number of H-pyrrole nitrogens is 1. The molecule has 4 nitrogen and oxygen atoms in total. The number of aryl methyl sites for hydroxylation is 1. The Labute approximate surface area is 133 Å². The third-order valence-electron chi connectivity index (χ3n) is 3.56. The first kappa shape index (κ1) is 15.0. The van der Waals surface area contributed by atoms with Gasteiger partial charge in [0.15, 0.2) is 0 Å². The maximum absolute atomic E-state index is 13.6. The van der Waals surface area contributed by atoms with Gasteiger partial charge in [0.1, 0.15) is 5.82 Å². The first-order chi connectivity index (χ1) is 11.1. The summed E-state index contributed by atoms with van der Waals surface area (Å²) in [4.78, 5) is 19.4. The molecule has 0 saturated carbocycles. The molecule has 0 saturated heterocycles. The summed E-state index contributed by atoms with van der Waals surface area (Å²) in [6, 6.07) is 13.7. The number of rotatable bonds is 4. The number of benzene rings is 2. The van der Waals surface area contributed by atoms with Crippen LogP contribution < -0.4 is 5.32 Å². The van der Waals surface area contributed by atoms with Gasteiger partial charge in [-0.2, -0.15) is 0 Å². The number of carbonyl (C=O) groups excluding carboxylic acids is 1. The molecule has 3 aromatic rings. The van der Waals surface area contributed by atoms with Gasteiger partial charge in [0.2, 0.25) is 5.91 Å². The highest BCUT2D eigenvalue weighted by Gasteiger charge is 2.09. The van der Waals surface area contributed by atoms with E-state index in [0.29, 0.717) is 11.3 Å². The highest BCUT2D eigenvalue weighted by Crippen LogP contribution is 2.23. The molecular weight excluding hydrogens is 293 g/mol. The van der Waals surface area contributed by atoms with Crippen LogP contribution in [0.3, 0.4) is 0 Å². The van der Waals surface area contributed by atoms with Gasteiger partial charge in [-0.1, -0.05) is 30.3 Å². The lowest BCUT2D eigenvalue weighted by Crippen LogP contribution is -2.15. The van der Waals surface area contributed by atoms with E-state index in [-0.39, 0.29) is 18.1 Å². The van der Waals surface area contributed by atoms with E-state index in [1.165, 1.54) is 6.07 Å². The minimum Gasteiger partial charge on any atom is -0.348 e. The fraction of sp³-hybridized carbons (Fsp3) is 0.111. The van der Waals surface area contributed by atoms with Gasteiger partial charge in [0.25, 0.3) is 0 Å². The molecule has 0 unspecified atom stereocenters. The van der Waals surface area contributed by atoms with Gasteiger partial charge < -0.3 is 10.3 Å². The fourth-order valence-corrected chi connectivity index (χ4v) is 2.41. The Morgan fingerprint density at radius 2 is 2.04 bits per heavy atom. The van der Waals surface area contributed by atoms with E-state index in [1.807, 2.05) is 25.1 Å². The quantitative estimate of drug-likeness (QED) is 0.772. The summed E-state index contributed by atoms with van der Waals surface area (Å²) in [6.07, 6.45) is 1.63. The number of aromatic nitrogens is 2. The number of carbonyl (C=O) groups is 1. The van der Waals surface area contributed by atoms with E-state index < -0.39 is 0 Å². The molecule has 0 aliphatic rings. The lowest BCUT2D eigenvalue weighted by molar-refractivity contribution is -0.115. The van der Waals surface area contributed by atoms with Crippen molar-refractivity contribution in [2.75, 3.05) is 5.32 Å². The minimum absolute atomic E-state index is 0.00165. The molecule has 1 amide bonds. The molecule has 1 aromatic heterocycles. The molecule has 0 spiro atoms. The van der Waals surface area contributed by atoms with Crippen molar-refractivity contribution < 1.29 is 9.18 Å². The van der Waals surface area contributed by atoms with E-state index >= 15 is 0 Å². The molecule has 23 heavy (non-hydrogen) atoms. The van der Waals surface area contributed by atoms with Crippen LogP contribution in [0.2, 0.25) is 0 Å². The molecule has 0 radical (unpaired) electrons. The van der Waals surface area contributed by atoms with Crippen LogP contribution in [0, 0.1) is 12.7 Å². The largest absolute Gasteiger partial charge is 0.348 e. The average Bonchev–Trinajstić information content (AvgIpc) is 2.96. The molecule has 0 atom stereocenters. The number of anilines is 1. The smallest absolute Gasteiger partial charge is 0.228 e. The lowest BCUT2D eigenvalue weighted by Gasteiger charge is -2.08. The summed E-state index contributed by atoms with van der Waals surface area (Å²) in [5.41, 5.74) is 3.75. The molecule has 2 aromatic carbocycles. The Kier molecular flexibility index (Phi) is 4.19. The normalized spacial score (nSPS) is 10.5. The molecular formula is C18H16FN3O. The van der Waals surface area contributed by atoms with Gasteiger partial charge in [-0.15, -0.1) is 0 Å². The standard InChI is InChI=1S/C18H16FN3O/c1-12-18(21-11-20-12)14-6-4-7-15(9-14)22-17(23)10-13-5-2-3-8-16(13)19/h2-9,11H,10H2,1H3,(H,20,21)(H,22,23). The average molecular weight is 309 g/mol. The summed E-state index contributed by atoms with van der Waals surface area (Å²) >= 11 is 0. The van der Waals surface area contributed by atoms with Crippen LogP contribution >= 0.6 is 0 Å². The van der Waals surface area contributed by atoms with Gasteiger partial charge in [-0.05, 0) is 30.7 Å². The molecule has 3 rings (SSSR count). The minimum atomic E-state index is -0.372. The second kappa shape index (κ2) is 6.44. The van der Waals surface area contributed by atoms with Crippen molar-refractivity contribution in [2.45, 2.75) is 13.3 Å². The van der Waals surface area contributed by atoms with Crippen molar-refractivity contribution >= 4 is 11.6 Å². The predicted molar refractivity (Wildman–Crippen MR) is 87.5 cm³/mol. The Morgan fingerprint density at radius 1 is 1.22 bits per heavy atom. The van der Waals surface area contributed by atoms with Crippen molar-refractivity contribution in [1.29, 1.82) is 0 Å². The number of halogens is 1. The zero-order valence-electron chi connectivity index (χ0n) is 12.6. The number of imidazole rings is 1. The lowest BCUT2D eigenvalue weighted by atomic mass is 10.1. The second-order valence-electron chi connectivity index (χ2n) is 5.27. The fourth-order valence-electron chi connectivity index (χ4n) is 2.41. The molecule has 116 valence electrons. The van der Waals surface area contributed by atoms with E-state index in [4.69, 9.17) is 0 Å². The number of amides is 1. The molecule has 0 aliphatic heterocycles. The first-order valence-electron chi connectivity index (χ1n) is 7.27. The zero-order chi connectivity index (χ0) is 16.2. The Hall–Kier alpha value is -2.95. The van der Waals surface area contributed by atoms with Crippen molar-refractivity contribution in [3.05, 3.63) is 71.9 Å². The van der Waals surface area contributed by atoms with E-state index in [0.717, 1.165) is 17.0 Å². The van der Waals surface area contributed by atoms with Crippen LogP contribution in [-0.2, 0) is 11.2 Å². The van der Waals surface area contributed by atoms with Crippen LogP contribution in [0.15, 0.2) is 54.9 Å². The molecule has 0 bridgehead atoms. The van der Waals surface area contributed by atoms with Crippen LogP contribution in [0.1, 0.15) is 11.3 Å². The van der Waals surface area contributed by atoms with Crippen molar-refractivity contribution in [3.63, 3.8) is 0 Å². The number of nitrogens with one attached hydrogen (secondary N) is 2. The summed E-state index contributed by atoms with van der Waals surface area (Å²) < 4.78 is 13.6. The van der Waals surface area contributed by atoms with Gasteiger partial charge in [0, 0.05) is 16.9 Å². The number of nitrogens with zero attached hydrogens (tertiary/aromatic N) is 1. The predicted octanol–water partition coefficient (Wildman–Crippen LogP) is 3.71. The maximum atomic E-state index is 13.6. The van der Waals surface area contributed by atoms with Gasteiger partial charge in [-0.25, -0.2) is 9.37 Å². The monoisotopic (exact) mass is 309 g/mol. The van der Waals surface area contributed by atoms with E-state index in [1.54, 1.807) is 30.6 Å². The topological polar surface area (TPSA) is 57.8 Å². The summed E-state index contributed by atoms with van der Waals surface area (Å²) in [7, 11) is 0. The first-order valence-corrected chi connectivity index (χ1v) is 7.27. The molecule has 2 N–H and O–H groups in total. The van der Waals surface area contributed by atoms with Crippen LogP contribution in [0.4, 0.5) is 10.1 Å².